The van der Waals surface area contributed by atoms with Crippen molar-refractivity contribution in [2.45, 2.75) is 13.3 Å². The fraction of sp³-hybridized carbons (Fsp3) is 0.150. The summed E-state index contributed by atoms with van der Waals surface area (Å²) in [5.74, 6) is -0.114. The second-order valence-electron chi connectivity index (χ2n) is 6.32. The molecule has 140 valence electrons. The highest BCUT2D eigenvalue weighted by Crippen LogP contribution is 2.24. The predicted molar refractivity (Wildman–Crippen MR) is 107 cm³/mol. The first-order chi connectivity index (χ1) is 13.7. The Kier molecular flexibility index (Phi) is 5.20. The van der Waals surface area contributed by atoms with Gasteiger partial charge in [-0.25, -0.2) is 9.67 Å². The summed E-state index contributed by atoms with van der Waals surface area (Å²) in [4.78, 5) is 17.0. The van der Waals surface area contributed by atoms with Crippen molar-refractivity contribution in [3.05, 3.63) is 77.1 Å². The lowest BCUT2D eigenvalue weighted by Gasteiger charge is -2.05. The third kappa shape index (κ3) is 4.12. The Morgan fingerprint density at radius 2 is 1.89 bits per heavy atom. The van der Waals surface area contributed by atoms with E-state index in [-0.39, 0.29) is 5.91 Å². The third-order valence-electron chi connectivity index (χ3n) is 4.26. The van der Waals surface area contributed by atoms with E-state index in [1.807, 2.05) is 5.38 Å². The summed E-state index contributed by atoms with van der Waals surface area (Å²) in [6.07, 6.45) is 2.20. The SMILES string of the molecule is Cc1ccc(-c2nc(CCNC(=O)c3ccc(-n4cnnn4)cc3)cs2)cc1. The van der Waals surface area contributed by atoms with Gasteiger partial charge >= 0.3 is 0 Å². The molecule has 2 aromatic heterocycles. The van der Waals surface area contributed by atoms with E-state index in [0.29, 0.717) is 18.5 Å². The third-order valence-corrected chi connectivity index (χ3v) is 5.20. The Balaban J connectivity index is 1.31. The lowest BCUT2D eigenvalue weighted by molar-refractivity contribution is 0.0954. The molecule has 0 saturated carbocycles. The molecule has 4 aromatic rings. The molecule has 4 rings (SSSR count). The Bertz CT molecular complexity index is 1060. The number of carbonyl (C=O) groups excluding carboxylic acids is 1. The smallest absolute Gasteiger partial charge is 0.251 e. The lowest BCUT2D eigenvalue weighted by Crippen LogP contribution is -2.25. The van der Waals surface area contributed by atoms with Gasteiger partial charge in [0.1, 0.15) is 11.3 Å². The molecule has 0 fully saturated rings. The number of nitrogens with zero attached hydrogens (tertiary/aromatic N) is 5. The van der Waals surface area contributed by atoms with Gasteiger partial charge in [-0.05, 0) is 41.6 Å². The molecule has 0 aliphatic carbocycles. The zero-order valence-electron chi connectivity index (χ0n) is 15.2. The molecule has 2 aromatic carbocycles. The van der Waals surface area contributed by atoms with Gasteiger partial charge in [0.05, 0.1) is 11.4 Å². The summed E-state index contributed by atoms with van der Waals surface area (Å²) in [5, 5.41) is 17.0. The van der Waals surface area contributed by atoms with Gasteiger partial charge in [-0.2, -0.15) is 0 Å². The summed E-state index contributed by atoms with van der Waals surface area (Å²) < 4.78 is 1.54. The van der Waals surface area contributed by atoms with Crippen molar-refractivity contribution in [1.82, 2.24) is 30.5 Å². The van der Waals surface area contributed by atoms with Crippen LogP contribution < -0.4 is 5.32 Å². The molecule has 0 aliphatic rings. The normalized spacial score (nSPS) is 10.8. The van der Waals surface area contributed by atoms with Crippen LogP contribution in [0.3, 0.4) is 0 Å². The van der Waals surface area contributed by atoms with Crippen molar-refractivity contribution in [2.75, 3.05) is 6.54 Å². The average molecular weight is 390 g/mol. The number of rotatable bonds is 6. The Hall–Kier alpha value is -3.39. The summed E-state index contributed by atoms with van der Waals surface area (Å²) in [6.45, 7) is 2.60. The zero-order valence-corrected chi connectivity index (χ0v) is 16.1. The largest absolute Gasteiger partial charge is 0.352 e. The van der Waals surface area contributed by atoms with Gasteiger partial charge in [0.25, 0.3) is 5.91 Å². The highest BCUT2D eigenvalue weighted by Gasteiger charge is 2.08. The number of benzene rings is 2. The minimum atomic E-state index is -0.114. The average Bonchev–Trinajstić information content (AvgIpc) is 3.41. The van der Waals surface area contributed by atoms with Gasteiger partial charge < -0.3 is 5.32 Å². The number of carbonyl (C=O) groups is 1. The standard InChI is InChI=1S/C20H18N6OS/c1-14-2-4-16(5-3-14)20-23-17(12-28-20)10-11-21-19(27)15-6-8-18(9-7-15)26-13-22-24-25-26/h2-9,12-13H,10-11H2,1H3,(H,21,27). The molecular weight excluding hydrogens is 372 g/mol. The summed E-state index contributed by atoms with van der Waals surface area (Å²) >= 11 is 1.62. The first-order valence-electron chi connectivity index (χ1n) is 8.82. The minimum Gasteiger partial charge on any atom is -0.352 e. The summed E-state index contributed by atoms with van der Waals surface area (Å²) in [5.41, 5.74) is 4.72. The number of hydrogen-bond acceptors (Lipinski definition) is 6. The van der Waals surface area contributed by atoms with E-state index in [1.165, 1.54) is 16.6 Å². The van der Waals surface area contributed by atoms with Gasteiger partial charge in [0.2, 0.25) is 0 Å². The number of amides is 1. The molecule has 7 nitrogen and oxygen atoms in total. The molecule has 0 bridgehead atoms. The van der Waals surface area contributed by atoms with E-state index in [9.17, 15) is 4.79 Å². The zero-order chi connectivity index (χ0) is 19.3. The molecule has 0 aliphatic heterocycles. The molecule has 0 unspecified atom stereocenters. The quantitative estimate of drug-likeness (QED) is 0.547. The number of hydrogen-bond donors (Lipinski definition) is 1. The molecule has 0 spiro atoms. The molecule has 8 heteroatoms. The lowest BCUT2D eigenvalue weighted by atomic mass is 10.2. The maximum Gasteiger partial charge on any atom is 0.251 e. The summed E-state index contributed by atoms with van der Waals surface area (Å²) in [7, 11) is 0. The van der Waals surface area contributed by atoms with E-state index in [4.69, 9.17) is 0 Å². The first-order valence-corrected chi connectivity index (χ1v) is 9.70. The van der Waals surface area contributed by atoms with E-state index in [1.54, 1.807) is 35.6 Å². The van der Waals surface area contributed by atoms with Crippen LogP contribution in [0.4, 0.5) is 0 Å². The second-order valence-corrected chi connectivity index (χ2v) is 7.18. The van der Waals surface area contributed by atoms with E-state index < -0.39 is 0 Å². The Labute approximate surface area is 166 Å². The number of aryl methyl sites for hydroxylation is 1. The highest BCUT2D eigenvalue weighted by molar-refractivity contribution is 7.13. The van der Waals surface area contributed by atoms with Crippen LogP contribution in [0.5, 0.6) is 0 Å². The van der Waals surface area contributed by atoms with Crippen LogP contribution >= 0.6 is 11.3 Å². The van der Waals surface area contributed by atoms with Gasteiger partial charge in [-0.3, -0.25) is 4.79 Å². The van der Waals surface area contributed by atoms with Crippen LogP contribution in [0.1, 0.15) is 21.6 Å². The minimum absolute atomic E-state index is 0.114. The molecule has 0 saturated heterocycles. The van der Waals surface area contributed by atoms with Crippen LogP contribution in [0, 0.1) is 6.92 Å². The topological polar surface area (TPSA) is 85.6 Å². The van der Waals surface area contributed by atoms with Crippen molar-refractivity contribution < 1.29 is 4.79 Å². The van der Waals surface area contributed by atoms with Crippen molar-refractivity contribution in [2.24, 2.45) is 0 Å². The highest BCUT2D eigenvalue weighted by atomic mass is 32.1. The molecule has 2 heterocycles. The number of thiazole rings is 1. The van der Waals surface area contributed by atoms with E-state index in [0.717, 1.165) is 22.0 Å². The maximum atomic E-state index is 12.3. The van der Waals surface area contributed by atoms with Crippen LogP contribution in [-0.4, -0.2) is 37.6 Å². The molecule has 1 N–H and O–H groups in total. The molecule has 28 heavy (non-hydrogen) atoms. The van der Waals surface area contributed by atoms with Crippen LogP contribution in [0.15, 0.2) is 60.2 Å². The number of aromatic nitrogens is 5. The molecular formula is C20H18N6OS. The van der Waals surface area contributed by atoms with Gasteiger partial charge in [-0.1, -0.05) is 29.8 Å². The van der Waals surface area contributed by atoms with Crippen molar-refractivity contribution in [3.63, 3.8) is 0 Å². The maximum absolute atomic E-state index is 12.3. The second kappa shape index (κ2) is 8.10. The monoisotopic (exact) mass is 390 g/mol. The first kappa shape index (κ1) is 18.0. The molecule has 1 amide bonds. The molecule has 0 radical (unpaired) electrons. The number of tetrazole rings is 1. The number of nitrogens with one attached hydrogen (secondary N) is 1. The van der Waals surface area contributed by atoms with Crippen LogP contribution in [0.2, 0.25) is 0 Å². The van der Waals surface area contributed by atoms with Gasteiger partial charge in [-0.15, -0.1) is 16.4 Å². The van der Waals surface area contributed by atoms with Crippen molar-refractivity contribution >= 4 is 17.2 Å². The van der Waals surface area contributed by atoms with Gasteiger partial charge in [0.15, 0.2) is 0 Å². The fourth-order valence-corrected chi connectivity index (χ4v) is 3.56. The fourth-order valence-electron chi connectivity index (χ4n) is 2.70. The summed E-state index contributed by atoms with van der Waals surface area (Å²) in [6, 6.07) is 15.5. The van der Waals surface area contributed by atoms with Crippen LogP contribution in [-0.2, 0) is 6.42 Å². The predicted octanol–water partition coefficient (Wildman–Crippen LogP) is 3.07. The van der Waals surface area contributed by atoms with E-state index in [2.05, 4.69) is 57.0 Å². The van der Waals surface area contributed by atoms with Crippen LogP contribution in [0.25, 0.3) is 16.3 Å². The molecule has 0 atom stereocenters. The Morgan fingerprint density at radius 1 is 1.11 bits per heavy atom. The van der Waals surface area contributed by atoms with Crippen molar-refractivity contribution in [1.29, 1.82) is 0 Å². The van der Waals surface area contributed by atoms with Crippen molar-refractivity contribution in [3.8, 4) is 16.3 Å². The van der Waals surface area contributed by atoms with E-state index >= 15 is 0 Å². The Morgan fingerprint density at radius 3 is 2.61 bits per heavy atom. The van der Waals surface area contributed by atoms with Gasteiger partial charge in [0, 0.05) is 29.5 Å².